The Labute approximate surface area is 135 Å². The van der Waals surface area contributed by atoms with E-state index < -0.39 is 24.6 Å². The summed E-state index contributed by atoms with van der Waals surface area (Å²) in [6, 6.07) is 10.9. The monoisotopic (exact) mass is 342 g/mol. The first-order chi connectivity index (χ1) is 11.3. The quantitative estimate of drug-likeness (QED) is 0.804. The minimum Gasteiger partial charge on any atom is -0.484 e. The second-order valence-corrected chi connectivity index (χ2v) is 4.83. The maximum absolute atomic E-state index is 13.4. The van der Waals surface area contributed by atoms with E-state index in [2.05, 4.69) is 15.4 Å². The Balaban J connectivity index is 1.88. The van der Waals surface area contributed by atoms with Crippen LogP contribution in [0, 0.1) is 5.82 Å². The zero-order chi connectivity index (χ0) is 17.6. The third kappa shape index (κ3) is 5.79. The normalized spacial score (nSPS) is 11.0. The Kier molecular flexibility index (Phi) is 5.62. The Morgan fingerprint density at radius 2 is 1.83 bits per heavy atom. The molecule has 2 aromatic carbocycles. The van der Waals surface area contributed by atoms with E-state index in [1.165, 1.54) is 42.5 Å². The van der Waals surface area contributed by atoms with Crippen LogP contribution in [-0.2, 0) is 6.54 Å². The number of urea groups is 1. The lowest BCUT2D eigenvalue weighted by molar-refractivity contribution is -0.153. The number of benzene rings is 2. The lowest BCUT2D eigenvalue weighted by Crippen LogP contribution is -2.28. The standard InChI is InChI=1S/C16H14F4N2O2/c17-14-7-2-1-4-11(14)9-21-15(23)22-12-5-3-6-13(8-12)24-10-16(18,19)20/h1-8H,9-10H2,(H2,21,22,23). The van der Waals surface area contributed by atoms with Crippen LogP contribution in [0.25, 0.3) is 0 Å². The fraction of sp³-hybridized carbons (Fsp3) is 0.188. The van der Waals surface area contributed by atoms with Crippen molar-refractivity contribution in [3.05, 3.63) is 59.9 Å². The number of amides is 2. The summed E-state index contributed by atoms with van der Waals surface area (Å²) < 4.78 is 54.3. The molecular weight excluding hydrogens is 328 g/mol. The van der Waals surface area contributed by atoms with Crippen molar-refractivity contribution in [2.24, 2.45) is 0 Å². The fourth-order valence-electron chi connectivity index (χ4n) is 1.82. The molecule has 2 amide bonds. The summed E-state index contributed by atoms with van der Waals surface area (Å²) in [7, 11) is 0. The summed E-state index contributed by atoms with van der Waals surface area (Å²) in [5.41, 5.74) is 0.565. The first-order valence-corrected chi connectivity index (χ1v) is 6.91. The maximum Gasteiger partial charge on any atom is 0.422 e. The second-order valence-electron chi connectivity index (χ2n) is 4.83. The average Bonchev–Trinajstić information content (AvgIpc) is 2.52. The van der Waals surface area contributed by atoms with Crippen LogP contribution in [0.15, 0.2) is 48.5 Å². The smallest absolute Gasteiger partial charge is 0.422 e. The Hall–Kier alpha value is -2.77. The number of carbonyl (C=O) groups excluding carboxylic acids is 1. The van der Waals surface area contributed by atoms with Gasteiger partial charge >= 0.3 is 12.2 Å². The lowest BCUT2D eigenvalue weighted by atomic mass is 10.2. The summed E-state index contributed by atoms with van der Waals surface area (Å²) in [5.74, 6) is -0.473. The molecule has 0 saturated carbocycles. The van der Waals surface area contributed by atoms with E-state index in [-0.39, 0.29) is 18.0 Å². The molecule has 0 bridgehead atoms. The summed E-state index contributed by atoms with van der Waals surface area (Å²) in [5, 5.41) is 4.89. The number of halogens is 4. The molecule has 128 valence electrons. The third-order valence-corrected chi connectivity index (χ3v) is 2.89. The third-order valence-electron chi connectivity index (χ3n) is 2.89. The molecule has 8 heteroatoms. The molecule has 4 nitrogen and oxygen atoms in total. The second kappa shape index (κ2) is 7.67. The highest BCUT2D eigenvalue weighted by atomic mass is 19.4. The molecular formula is C16H14F4N2O2. The van der Waals surface area contributed by atoms with E-state index in [0.29, 0.717) is 5.56 Å². The van der Waals surface area contributed by atoms with Gasteiger partial charge in [-0.15, -0.1) is 0 Å². The van der Waals surface area contributed by atoms with Crippen molar-refractivity contribution in [1.29, 1.82) is 0 Å². The van der Waals surface area contributed by atoms with E-state index in [1.807, 2.05) is 0 Å². The predicted octanol–water partition coefficient (Wildman–Crippen LogP) is 4.09. The van der Waals surface area contributed by atoms with E-state index in [4.69, 9.17) is 0 Å². The Morgan fingerprint density at radius 3 is 2.54 bits per heavy atom. The number of rotatable bonds is 5. The van der Waals surface area contributed by atoms with Crippen molar-refractivity contribution in [2.75, 3.05) is 11.9 Å². The van der Waals surface area contributed by atoms with Crippen molar-refractivity contribution in [3.63, 3.8) is 0 Å². The molecule has 2 N–H and O–H groups in total. The van der Waals surface area contributed by atoms with Crippen LogP contribution < -0.4 is 15.4 Å². The molecule has 2 rings (SSSR count). The molecule has 0 aliphatic heterocycles. The van der Waals surface area contributed by atoms with Gasteiger partial charge in [-0.25, -0.2) is 9.18 Å². The van der Waals surface area contributed by atoms with Crippen molar-refractivity contribution in [1.82, 2.24) is 5.32 Å². The molecule has 0 aliphatic carbocycles. The fourth-order valence-corrected chi connectivity index (χ4v) is 1.82. The van der Waals surface area contributed by atoms with Crippen LogP contribution in [0.3, 0.4) is 0 Å². The molecule has 2 aromatic rings. The average molecular weight is 342 g/mol. The van der Waals surface area contributed by atoms with Crippen molar-refractivity contribution in [2.45, 2.75) is 12.7 Å². The molecule has 0 spiro atoms. The van der Waals surface area contributed by atoms with Crippen molar-refractivity contribution < 1.29 is 27.1 Å². The maximum atomic E-state index is 13.4. The number of anilines is 1. The Bertz CT molecular complexity index is 704. The van der Waals surface area contributed by atoms with Crippen molar-refractivity contribution >= 4 is 11.7 Å². The first-order valence-electron chi connectivity index (χ1n) is 6.91. The SMILES string of the molecule is O=C(NCc1ccccc1F)Nc1cccc(OCC(F)(F)F)c1. The minimum atomic E-state index is -4.44. The largest absolute Gasteiger partial charge is 0.484 e. The topological polar surface area (TPSA) is 50.4 Å². The van der Waals surface area contributed by atoms with Gasteiger partial charge in [-0.05, 0) is 18.2 Å². The van der Waals surface area contributed by atoms with Gasteiger partial charge in [-0.3, -0.25) is 0 Å². The van der Waals surface area contributed by atoms with E-state index >= 15 is 0 Å². The van der Waals surface area contributed by atoms with Gasteiger partial charge in [0.05, 0.1) is 0 Å². The van der Waals surface area contributed by atoms with Crippen LogP contribution >= 0.6 is 0 Å². The number of hydrogen-bond acceptors (Lipinski definition) is 2. The molecule has 0 aliphatic rings. The van der Waals surface area contributed by atoms with Crippen LogP contribution in [0.5, 0.6) is 5.75 Å². The van der Waals surface area contributed by atoms with E-state index in [9.17, 15) is 22.4 Å². The van der Waals surface area contributed by atoms with Crippen LogP contribution in [-0.4, -0.2) is 18.8 Å². The van der Waals surface area contributed by atoms with Crippen LogP contribution in [0.2, 0.25) is 0 Å². The van der Waals surface area contributed by atoms with E-state index in [0.717, 1.165) is 0 Å². The highest BCUT2D eigenvalue weighted by molar-refractivity contribution is 5.89. The molecule has 0 unspecified atom stereocenters. The minimum absolute atomic E-state index is 0.0250. The van der Waals surface area contributed by atoms with Gasteiger partial charge in [0.25, 0.3) is 0 Å². The number of hydrogen-bond donors (Lipinski definition) is 2. The van der Waals surface area contributed by atoms with Gasteiger partial charge in [0.2, 0.25) is 0 Å². The summed E-state index contributed by atoms with van der Waals surface area (Å²) in [6.07, 6.45) is -4.44. The zero-order valence-electron chi connectivity index (χ0n) is 12.4. The molecule has 0 saturated heterocycles. The highest BCUT2D eigenvalue weighted by Crippen LogP contribution is 2.21. The van der Waals surface area contributed by atoms with Gasteiger partial charge in [0.15, 0.2) is 6.61 Å². The number of nitrogens with one attached hydrogen (secondary N) is 2. The summed E-state index contributed by atoms with van der Waals surface area (Å²) >= 11 is 0. The first kappa shape index (κ1) is 17.6. The van der Waals surface area contributed by atoms with Crippen molar-refractivity contribution in [3.8, 4) is 5.75 Å². The molecule has 0 atom stereocenters. The molecule has 0 heterocycles. The van der Waals surface area contributed by atoms with Crippen LogP contribution in [0.4, 0.5) is 28.0 Å². The van der Waals surface area contributed by atoms with Gasteiger partial charge in [0.1, 0.15) is 11.6 Å². The predicted molar refractivity (Wildman–Crippen MR) is 80.3 cm³/mol. The van der Waals surface area contributed by atoms with Gasteiger partial charge in [0, 0.05) is 23.9 Å². The molecule has 0 radical (unpaired) electrons. The highest BCUT2D eigenvalue weighted by Gasteiger charge is 2.28. The zero-order valence-corrected chi connectivity index (χ0v) is 12.4. The number of alkyl halides is 3. The van der Waals surface area contributed by atoms with Gasteiger partial charge in [-0.1, -0.05) is 24.3 Å². The van der Waals surface area contributed by atoms with Crippen LogP contribution in [0.1, 0.15) is 5.56 Å². The summed E-state index contributed by atoms with van der Waals surface area (Å²) in [4.78, 5) is 11.8. The molecule has 24 heavy (non-hydrogen) atoms. The van der Waals surface area contributed by atoms with Gasteiger partial charge < -0.3 is 15.4 Å². The molecule has 0 fully saturated rings. The Morgan fingerprint density at radius 1 is 1.08 bits per heavy atom. The lowest BCUT2D eigenvalue weighted by Gasteiger charge is -2.11. The van der Waals surface area contributed by atoms with Gasteiger partial charge in [-0.2, -0.15) is 13.2 Å². The number of ether oxygens (including phenoxy) is 1. The van der Waals surface area contributed by atoms with E-state index in [1.54, 1.807) is 6.07 Å². The molecule has 0 aromatic heterocycles. The summed E-state index contributed by atoms with van der Waals surface area (Å²) in [6.45, 7) is -1.45. The number of carbonyl (C=O) groups is 1.